The minimum absolute atomic E-state index is 0.266. The Labute approximate surface area is 104 Å². The second-order valence-corrected chi connectivity index (χ2v) is 6.41. The summed E-state index contributed by atoms with van der Waals surface area (Å²) in [7, 11) is -3.05. The molecule has 0 aromatic carbocycles. The van der Waals surface area contributed by atoms with Crippen LogP contribution in [0.5, 0.6) is 0 Å². The molecule has 17 heavy (non-hydrogen) atoms. The highest BCUT2D eigenvalue weighted by atomic mass is 32.2. The smallest absolute Gasteiger partial charge is 0.214 e. The van der Waals surface area contributed by atoms with Crippen LogP contribution in [0.4, 0.5) is 0 Å². The first-order chi connectivity index (χ1) is 8.10. The van der Waals surface area contributed by atoms with E-state index in [1.807, 2.05) is 6.92 Å². The van der Waals surface area contributed by atoms with E-state index >= 15 is 0 Å². The van der Waals surface area contributed by atoms with E-state index in [0.29, 0.717) is 19.5 Å². The number of unbranched alkanes of at least 4 members (excludes halogenated alkanes) is 1. The minimum Gasteiger partial charge on any atom is -0.300 e. The second-order valence-electron chi connectivity index (χ2n) is 4.32. The SMILES string of the molecule is CCCCS(=O)(=O)N1CCN(CCC#N)CC1. The van der Waals surface area contributed by atoms with Gasteiger partial charge in [0.25, 0.3) is 0 Å². The van der Waals surface area contributed by atoms with Gasteiger partial charge in [-0.25, -0.2) is 8.42 Å². The van der Waals surface area contributed by atoms with Gasteiger partial charge >= 0.3 is 0 Å². The highest BCUT2D eigenvalue weighted by Gasteiger charge is 2.25. The molecule has 0 aromatic rings. The zero-order valence-electron chi connectivity index (χ0n) is 10.4. The maximum Gasteiger partial charge on any atom is 0.214 e. The van der Waals surface area contributed by atoms with Gasteiger partial charge in [-0.3, -0.25) is 4.90 Å². The molecule has 0 N–H and O–H groups in total. The van der Waals surface area contributed by atoms with Crippen molar-refractivity contribution in [1.82, 2.24) is 9.21 Å². The molecule has 0 bridgehead atoms. The summed E-state index contributed by atoms with van der Waals surface area (Å²) >= 11 is 0. The van der Waals surface area contributed by atoms with E-state index in [1.165, 1.54) is 0 Å². The lowest BCUT2D eigenvalue weighted by Crippen LogP contribution is -2.49. The molecule has 0 atom stereocenters. The van der Waals surface area contributed by atoms with Crippen molar-refractivity contribution < 1.29 is 8.42 Å². The molecule has 0 aliphatic carbocycles. The van der Waals surface area contributed by atoms with Gasteiger partial charge in [-0.2, -0.15) is 9.57 Å². The highest BCUT2D eigenvalue weighted by molar-refractivity contribution is 7.89. The standard InChI is InChI=1S/C11H21N3O2S/c1-2-3-11-17(15,16)14-9-7-13(8-10-14)6-4-5-12/h2-4,6-11H2,1H3. The van der Waals surface area contributed by atoms with E-state index < -0.39 is 10.0 Å². The quantitative estimate of drug-likeness (QED) is 0.702. The van der Waals surface area contributed by atoms with E-state index in [0.717, 1.165) is 32.5 Å². The lowest BCUT2D eigenvalue weighted by Gasteiger charge is -2.33. The Morgan fingerprint density at radius 2 is 1.88 bits per heavy atom. The fraction of sp³-hybridized carbons (Fsp3) is 0.909. The minimum atomic E-state index is -3.05. The number of nitrogens with zero attached hydrogens (tertiary/aromatic N) is 3. The van der Waals surface area contributed by atoms with Crippen LogP contribution in [-0.2, 0) is 10.0 Å². The molecule has 1 aliphatic rings. The van der Waals surface area contributed by atoms with E-state index in [4.69, 9.17) is 5.26 Å². The molecule has 1 fully saturated rings. The Kier molecular flexibility index (Phi) is 5.89. The number of piperazine rings is 1. The van der Waals surface area contributed by atoms with Crippen LogP contribution in [0.15, 0.2) is 0 Å². The van der Waals surface area contributed by atoms with Crippen LogP contribution < -0.4 is 0 Å². The van der Waals surface area contributed by atoms with Gasteiger partial charge in [0.05, 0.1) is 11.8 Å². The fourth-order valence-corrected chi connectivity index (χ4v) is 3.53. The average molecular weight is 259 g/mol. The molecule has 5 nitrogen and oxygen atoms in total. The Morgan fingerprint density at radius 3 is 2.41 bits per heavy atom. The third-order valence-corrected chi connectivity index (χ3v) is 4.98. The zero-order chi connectivity index (χ0) is 12.7. The maximum absolute atomic E-state index is 11.9. The van der Waals surface area contributed by atoms with E-state index in [2.05, 4.69) is 11.0 Å². The summed E-state index contributed by atoms with van der Waals surface area (Å²) in [4.78, 5) is 2.15. The first-order valence-corrected chi connectivity index (χ1v) is 7.78. The summed E-state index contributed by atoms with van der Waals surface area (Å²) in [6, 6.07) is 2.11. The summed E-state index contributed by atoms with van der Waals surface area (Å²) in [6.45, 7) is 5.36. The van der Waals surface area contributed by atoms with Crippen molar-refractivity contribution in [3.8, 4) is 6.07 Å². The molecule has 0 saturated carbocycles. The number of sulfonamides is 1. The van der Waals surface area contributed by atoms with Gasteiger partial charge in [0.2, 0.25) is 10.0 Å². The Hall–Kier alpha value is -0.640. The van der Waals surface area contributed by atoms with Gasteiger partial charge in [-0.15, -0.1) is 0 Å². The van der Waals surface area contributed by atoms with Crippen LogP contribution in [-0.4, -0.2) is 56.1 Å². The molecule has 98 valence electrons. The Morgan fingerprint density at radius 1 is 1.24 bits per heavy atom. The molecule has 0 spiro atoms. The predicted octanol–water partition coefficient (Wildman–Crippen LogP) is 0.648. The molecule has 1 rings (SSSR count). The first kappa shape index (κ1) is 14.4. The van der Waals surface area contributed by atoms with Crippen LogP contribution >= 0.6 is 0 Å². The molecular weight excluding hydrogens is 238 g/mol. The lowest BCUT2D eigenvalue weighted by atomic mass is 10.3. The van der Waals surface area contributed by atoms with Gasteiger partial charge in [-0.05, 0) is 6.42 Å². The van der Waals surface area contributed by atoms with Crippen molar-refractivity contribution in [1.29, 1.82) is 5.26 Å². The lowest BCUT2D eigenvalue weighted by molar-refractivity contribution is 0.191. The van der Waals surface area contributed by atoms with Gasteiger partial charge in [0.1, 0.15) is 0 Å². The molecule has 0 aromatic heterocycles. The summed E-state index contributed by atoms with van der Waals surface area (Å²) in [5, 5.41) is 8.49. The van der Waals surface area contributed by atoms with Crippen molar-refractivity contribution in [3.63, 3.8) is 0 Å². The number of nitriles is 1. The molecule has 0 amide bonds. The monoisotopic (exact) mass is 259 g/mol. The van der Waals surface area contributed by atoms with Gasteiger partial charge in [-0.1, -0.05) is 13.3 Å². The number of hydrogen-bond donors (Lipinski definition) is 0. The van der Waals surface area contributed by atoms with Gasteiger partial charge in [0.15, 0.2) is 0 Å². The molecule has 0 radical (unpaired) electrons. The van der Waals surface area contributed by atoms with Crippen LogP contribution in [0.3, 0.4) is 0 Å². The largest absolute Gasteiger partial charge is 0.300 e. The van der Waals surface area contributed by atoms with E-state index in [9.17, 15) is 8.42 Å². The molecule has 1 heterocycles. The molecular formula is C11H21N3O2S. The average Bonchev–Trinajstić information content (AvgIpc) is 2.34. The normalized spacial score (nSPS) is 19.1. The third kappa shape index (κ3) is 4.62. The zero-order valence-corrected chi connectivity index (χ0v) is 11.2. The van der Waals surface area contributed by atoms with Crippen molar-refractivity contribution in [3.05, 3.63) is 0 Å². The fourth-order valence-electron chi connectivity index (χ4n) is 1.90. The molecule has 0 unspecified atom stereocenters. The summed E-state index contributed by atoms with van der Waals surface area (Å²) in [5.74, 6) is 0.266. The van der Waals surface area contributed by atoms with Gasteiger partial charge in [0, 0.05) is 39.1 Å². The van der Waals surface area contributed by atoms with Crippen LogP contribution in [0.2, 0.25) is 0 Å². The highest BCUT2D eigenvalue weighted by Crippen LogP contribution is 2.09. The van der Waals surface area contributed by atoms with E-state index in [-0.39, 0.29) is 5.75 Å². The number of hydrogen-bond acceptors (Lipinski definition) is 4. The molecule has 6 heteroatoms. The van der Waals surface area contributed by atoms with Crippen molar-refractivity contribution in [2.45, 2.75) is 26.2 Å². The Bertz CT molecular complexity index is 353. The van der Waals surface area contributed by atoms with Crippen molar-refractivity contribution in [2.24, 2.45) is 0 Å². The van der Waals surface area contributed by atoms with Crippen molar-refractivity contribution >= 4 is 10.0 Å². The van der Waals surface area contributed by atoms with Crippen LogP contribution in [0.1, 0.15) is 26.2 Å². The third-order valence-electron chi connectivity index (χ3n) is 3.02. The van der Waals surface area contributed by atoms with Gasteiger partial charge < -0.3 is 0 Å². The first-order valence-electron chi connectivity index (χ1n) is 6.17. The summed E-state index contributed by atoms with van der Waals surface area (Å²) < 4.78 is 25.4. The van der Waals surface area contributed by atoms with Crippen molar-refractivity contribution in [2.75, 3.05) is 38.5 Å². The van der Waals surface area contributed by atoms with Crippen LogP contribution in [0.25, 0.3) is 0 Å². The molecule has 1 aliphatic heterocycles. The second kappa shape index (κ2) is 6.94. The Balaban J connectivity index is 2.38. The topological polar surface area (TPSA) is 64.4 Å². The summed E-state index contributed by atoms with van der Waals surface area (Å²) in [6.07, 6.45) is 2.15. The summed E-state index contributed by atoms with van der Waals surface area (Å²) in [5.41, 5.74) is 0. The van der Waals surface area contributed by atoms with E-state index in [1.54, 1.807) is 4.31 Å². The maximum atomic E-state index is 11.9. The van der Waals surface area contributed by atoms with Crippen LogP contribution in [0, 0.1) is 11.3 Å². The molecule has 1 saturated heterocycles. The predicted molar refractivity (Wildman–Crippen MR) is 66.9 cm³/mol. The number of rotatable bonds is 6.